The van der Waals surface area contributed by atoms with Crippen molar-refractivity contribution in [1.29, 1.82) is 0 Å². The van der Waals surface area contributed by atoms with E-state index in [0.717, 1.165) is 18.5 Å². The molecule has 112 valence electrons. The molecule has 1 N–H and O–H groups in total. The Morgan fingerprint density at radius 3 is 2.57 bits per heavy atom. The molecular weight excluding hydrogens is 280 g/mol. The number of hydrogen-bond donors (Lipinski definition) is 1. The van der Waals surface area contributed by atoms with Crippen molar-refractivity contribution in [2.45, 2.75) is 45.4 Å². The lowest BCUT2D eigenvalue weighted by Crippen LogP contribution is -2.14. The number of aromatic nitrogens is 1. The van der Waals surface area contributed by atoms with E-state index in [1.165, 1.54) is 16.9 Å². The van der Waals surface area contributed by atoms with E-state index in [9.17, 15) is 4.79 Å². The molecule has 1 amide bonds. The predicted molar refractivity (Wildman–Crippen MR) is 88.8 cm³/mol. The molecule has 0 radical (unpaired) electrons. The van der Waals surface area contributed by atoms with Gasteiger partial charge >= 0.3 is 0 Å². The number of rotatable bonds is 5. The number of carbonyl (C=O) groups excluding carboxylic acids is 1. The van der Waals surface area contributed by atoms with Crippen molar-refractivity contribution < 1.29 is 4.79 Å². The van der Waals surface area contributed by atoms with Crippen LogP contribution >= 0.6 is 11.3 Å². The maximum absolute atomic E-state index is 11.9. The average Bonchev–Trinajstić information content (AvgIpc) is 2.88. The number of amides is 1. The van der Waals surface area contributed by atoms with E-state index in [-0.39, 0.29) is 11.3 Å². The van der Waals surface area contributed by atoms with Gasteiger partial charge in [0, 0.05) is 17.2 Å². The lowest BCUT2D eigenvalue weighted by Gasteiger charge is -2.14. The van der Waals surface area contributed by atoms with Crippen LogP contribution in [0.3, 0.4) is 0 Å². The molecule has 2 rings (SSSR count). The van der Waals surface area contributed by atoms with Gasteiger partial charge in [-0.25, -0.2) is 4.98 Å². The van der Waals surface area contributed by atoms with Gasteiger partial charge < -0.3 is 5.32 Å². The Bertz CT molecular complexity index is 584. The van der Waals surface area contributed by atoms with Crippen LogP contribution in [0, 0.1) is 0 Å². The van der Waals surface area contributed by atoms with E-state index < -0.39 is 0 Å². The Kier molecular flexibility index (Phi) is 5.12. The van der Waals surface area contributed by atoms with Crippen molar-refractivity contribution in [3.05, 3.63) is 47.0 Å². The summed E-state index contributed by atoms with van der Waals surface area (Å²) in [5.74, 6) is 0.0424. The van der Waals surface area contributed by atoms with Gasteiger partial charge in [0.15, 0.2) is 5.13 Å². The highest BCUT2D eigenvalue weighted by Crippen LogP contribution is 2.26. The summed E-state index contributed by atoms with van der Waals surface area (Å²) in [6.45, 7) is 6.36. The summed E-state index contributed by atoms with van der Waals surface area (Å²) in [6.07, 6.45) is 2.31. The predicted octanol–water partition coefficient (Wildman–Crippen LogP) is 4.40. The van der Waals surface area contributed by atoms with Crippen molar-refractivity contribution in [3.8, 4) is 0 Å². The fourth-order valence-electron chi connectivity index (χ4n) is 1.96. The van der Waals surface area contributed by atoms with Crippen LogP contribution in [0.5, 0.6) is 0 Å². The molecule has 0 aliphatic carbocycles. The number of nitrogens with one attached hydrogen (secondary N) is 1. The van der Waals surface area contributed by atoms with E-state index in [2.05, 4.69) is 43.2 Å². The molecule has 0 aliphatic rings. The monoisotopic (exact) mass is 302 g/mol. The minimum atomic E-state index is 0.0206. The van der Waals surface area contributed by atoms with Gasteiger partial charge in [0.05, 0.1) is 5.69 Å². The number of anilines is 1. The summed E-state index contributed by atoms with van der Waals surface area (Å²) >= 11 is 1.49. The highest BCUT2D eigenvalue weighted by molar-refractivity contribution is 7.13. The summed E-state index contributed by atoms with van der Waals surface area (Å²) in [5.41, 5.74) is 2.31. The summed E-state index contributed by atoms with van der Waals surface area (Å²) in [4.78, 5) is 16.4. The SMILES string of the molecule is CC(C)(C)c1csc(NC(=O)CCCc2ccccc2)n1. The van der Waals surface area contributed by atoms with Crippen LogP contribution in [0.25, 0.3) is 0 Å². The van der Waals surface area contributed by atoms with Crippen molar-refractivity contribution in [1.82, 2.24) is 4.98 Å². The van der Waals surface area contributed by atoms with Gasteiger partial charge in [0.1, 0.15) is 0 Å². The number of thiazole rings is 1. The molecule has 0 unspecified atom stereocenters. The minimum Gasteiger partial charge on any atom is -0.302 e. The fourth-order valence-corrected chi connectivity index (χ4v) is 2.91. The number of hydrogen-bond acceptors (Lipinski definition) is 3. The third-order valence-corrected chi connectivity index (χ3v) is 3.99. The second-order valence-electron chi connectivity index (χ2n) is 6.18. The molecule has 1 aromatic heterocycles. The van der Waals surface area contributed by atoms with Crippen molar-refractivity contribution in [2.24, 2.45) is 0 Å². The van der Waals surface area contributed by atoms with Crippen molar-refractivity contribution >= 4 is 22.4 Å². The Labute approximate surface area is 130 Å². The van der Waals surface area contributed by atoms with Crippen LogP contribution in [0.1, 0.15) is 44.9 Å². The summed E-state index contributed by atoms with van der Waals surface area (Å²) in [6, 6.07) is 10.2. The highest BCUT2D eigenvalue weighted by Gasteiger charge is 2.17. The largest absolute Gasteiger partial charge is 0.302 e. The molecule has 0 spiro atoms. The quantitative estimate of drug-likeness (QED) is 0.889. The number of carbonyl (C=O) groups is 1. The minimum absolute atomic E-state index is 0.0206. The standard InChI is InChI=1S/C17H22N2OS/c1-17(2,3)14-12-21-16(18-14)19-15(20)11-7-10-13-8-5-4-6-9-13/h4-6,8-9,12H,7,10-11H2,1-3H3,(H,18,19,20). The van der Waals surface area contributed by atoms with Gasteiger partial charge in [0.2, 0.25) is 5.91 Å². The highest BCUT2D eigenvalue weighted by atomic mass is 32.1. The lowest BCUT2D eigenvalue weighted by molar-refractivity contribution is -0.116. The number of benzene rings is 1. The van der Waals surface area contributed by atoms with Gasteiger partial charge in [-0.2, -0.15) is 0 Å². The Morgan fingerprint density at radius 1 is 1.24 bits per heavy atom. The van der Waals surface area contributed by atoms with E-state index in [1.807, 2.05) is 23.6 Å². The summed E-state index contributed by atoms with van der Waals surface area (Å²) in [5, 5.41) is 5.60. The fraction of sp³-hybridized carbons (Fsp3) is 0.412. The maximum atomic E-state index is 11.9. The molecule has 1 heterocycles. The zero-order valence-electron chi connectivity index (χ0n) is 12.8. The van der Waals surface area contributed by atoms with Crippen LogP contribution < -0.4 is 5.32 Å². The number of nitrogens with zero attached hydrogens (tertiary/aromatic N) is 1. The first-order valence-corrected chi connectivity index (χ1v) is 8.13. The zero-order valence-corrected chi connectivity index (χ0v) is 13.7. The molecule has 0 fully saturated rings. The Hall–Kier alpha value is -1.68. The Morgan fingerprint density at radius 2 is 1.95 bits per heavy atom. The first-order valence-electron chi connectivity index (χ1n) is 7.25. The van der Waals surface area contributed by atoms with Crippen LogP contribution in [0.15, 0.2) is 35.7 Å². The van der Waals surface area contributed by atoms with Crippen LogP contribution in [-0.4, -0.2) is 10.9 Å². The van der Waals surface area contributed by atoms with Crippen molar-refractivity contribution in [2.75, 3.05) is 5.32 Å². The third kappa shape index (κ3) is 4.97. The molecule has 0 bridgehead atoms. The van der Waals surface area contributed by atoms with Gasteiger partial charge in [-0.1, -0.05) is 51.1 Å². The Balaban J connectivity index is 1.78. The second kappa shape index (κ2) is 6.85. The van der Waals surface area contributed by atoms with Gasteiger partial charge in [-0.3, -0.25) is 4.79 Å². The van der Waals surface area contributed by atoms with Crippen molar-refractivity contribution in [3.63, 3.8) is 0 Å². The molecular formula is C17H22N2OS. The molecule has 0 aliphatic heterocycles. The van der Waals surface area contributed by atoms with Gasteiger partial charge in [0.25, 0.3) is 0 Å². The van der Waals surface area contributed by atoms with E-state index in [1.54, 1.807) is 0 Å². The average molecular weight is 302 g/mol. The summed E-state index contributed by atoms with van der Waals surface area (Å²) < 4.78 is 0. The zero-order chi connectivity index (χ0) is 15.3. The smallest absolute Gasteiger partial charge is 0.226 e. The van der Waals surface area contributed by atoms with Gasteiger partial charge in [-0.05, 0) is 18.4 Å². The lowest BCUT2D eigenvalue weighted by atomic mass is 9.93. The first kappa shape index (κ1) is 15.7. The van der Waals surface area contributed by atoms with E-state index in [4.69, 9.17) is 0 Å². The number of aryl methyl sites for hydroxylation is 1. The molecule has 0 saturated carbocycles. The van der Waals surface area contributed by atoms with E-state index in [0.29, 0.717) is 11.6 Å². The molecule has 1 aromatic carbocycles. The van der Waals surface area contributed by atoms with Crippen LogP contribution in [0.2, 0.25) is 0 Å². The van der Waals surface area contributed by atoms with Gasteiger partial charge in [-0.15, -0.1) is 11.3 Å². The molecule has 2 aromatic rings. The summed E-state index contributed by atoms with van der Waals surface area (Å²) in [7, 11) is 0. The first-order chi connectivity index (χ1) is 9.95. The normalized spacial score (nSPS) is 11.4. The maximum Gasteiger partial charge on any atom is 0.226 e. The third-order valence-electron chi connectivity index (χ3n) is 3.23. The topological polar surface area (TPSA) is 42.0 Å². The molecule has 3 nitrogen and oxygen atoms in total. The molecule has 21 heavy (non-hydrogen) atoms. The van der Waals surface area contributed by atoms with E-state index >= 15 is 0 Å². The molecule has 4 heteroatoms. The second-order valence-corrected chi connectivity index (χ2v) is 7.03. The molecule has 0 atom stereocenters. The van der Waals surface area contributed by atoms with Crippen LogP contribution in [0.4, 0.5) is 5.13 Å². The van der Waals surface area contributed by atoms with Crippen LogP contribution in [-0.2, 0) is 16.6 Å². The molecule has 0 saturated heterocycles.